The van der Waals surface area contributed by atoms with Crippen LogP contribution in [-0.2, 0) is 4.74 Å². The monoisotopic (exact) mass is 247 g/mol. The van der Waals surface area contributed by atoms with E-state index in [0.717, 1.165) is 5.82 Å². The largest absolute Gasteiger partial charge is 0.383 e. The van der Waals surface area contributed by atoms with Gasteiger partial charge in [0.2, 0.25) is 0 Å². The molecule has 1 aromatic heterocycles. The van der Waals surface area contributed by atoms with Gasteiger partial charge in [-0.1, -0.05) is 0 Å². The number of rotatable bonds is 7. The van der Waals surface area contributed by atoms with Gasteiger partial charge in [0, 0.05) is 32.0 Å². The molecule has 0 atom stereocenters. The molecule has 1 aromatic rings. The number of hydrogen-bond donors (Lipinski definition) is 0. The maximum atomic E-state index is 11.2. The van der Waals surface area contributed by atoms with Crippen LogP contribution in [0.2, 0.25) is 0 Å². The van der Waals surface area contributed by atoms with Crippen LogP contribution in [-0.4, -0.2) is 37.6 Å². The lowest BCUT2D eigenvalue weighted by Gasteiger charge is -2.22. The van der Waals surface area contributed by atoms with E-state index in [1.54, 1.807) is 25.4 Å². The zero-order chi connectivity index (χ0) is 13.4. The van der Waals surface area contributed by atoms with Gasteiger partial charge >= 0.3 is 0 Å². The zero-order valence-corrected chi connectivity index (χ0v) is 10.7. The van der Waals surface area contributed by atoms with E-state index in [0.29, 0.717) is 31.7 Å². The first kappa shape index (κ1) is 14.1. The number of Topliss-reactive ketones (excluding diaryl/α,β-unsaturated/α-hetero) is 1. The first-order valence-corrected chi connectivity index (χ1v) is 5.77. The van der Waals surface area contributed by atoms with Crippen LogP contribution in [0, 0.1) is 11.3 Å². The lowest BCUT2D eigenvalue weighted by Crippen LogP contribution is -2.29. The number of pyridine rings is 1. The van der Waals surface area contributed by atoms with E-state index >= 15 is 0 Å². The highest BCUT2D eigenvalue weighted by Gasteiger charge is 2.08. The molecule has 0 saturated heterocycles. The van der Waals surface area contributed by atoms with Gasteiger partial charge in [0.1, 0.15) is 5.82 Å². The van der Waals surface area contributed by atoms with E-state index in [1.807, 2.05) is 4.90 Å². The number of carbonyl (C=O) groups excluding carboxylic acids is 1. The molecule has 0 fully saturated rings. The summed E-state index contributed by atoms with van der Waals surface area (Å²) in [4.78, 5) is 17.4. The zero-order valence-electron chi connectivity index (χ0n) is 10.7. The molecule has 18 heavy (non-hydrogen) atoms. The average molecular weight is 247 g/mol. The number of aromatic nitrogens is 1. The quantitative estimate of drug-likeness (QED) is 0.685. The molecular weight excluding hydrogens is 230 g/mol. The van der Waals surface area contributed by atoms with Crippen LogP contribution in [0.15, 0.2) is 18.3 Å². The molecule has 0 aliphatic heterocycles. The molecule has 0 radical (unpaired) electrons. The molecule has 0 amide bonds. The Bertz CT molecular complexity index is 423. The smallest absolute Gasteiger partial charge is 0.161 e. The van der Waals surface area contributed by atoms with Crippen molar-refractivity contribution in [1.82, 2.24) is 4.98 Å². The van der Waals surface area contributed by atoms with Crippen molar-refractivity contribution in [3.63, 3.8) is 0 Å². The predicted molar refractivity (Wildman–Crippen MR) is 68.6 cm³/mol. The second-order valence-corrected chi connectivity index (χ2v) is 3.85. The van der Waals surface area contributed by atoms with Crippen molar-refractivity contribution in [2.24, 2.45) is 0 Å². The van der Waals surface area contributed by atoms with Crippen molar-refractivity contribution in [2.45, 2.75) is 13.3 Å². The highest BCUT2D eigenvalue weighted by molar-refractivity contribution is 5.93. The average Bonchev–Trinajstić information content (AvgIpc) is 2.39. The molecule has 5 heteroatoms. The Morgan fingerprint density at radius 3 is 2.78 bits per heavy atom. The van der Waals surface area contributed by atoms with Crippen LogP contribution < -0.4 is 4.90 Å². The fourth-order valence-corrected chi connectivity index (χ4v) is 1.51. The molecule has 0 spiro atoms. The van der Waals surface area contributed by atoms with Gasteiger partial charge in [-0.2, -0.15) is 5.26 Å². The molecule has 0 unspecified atom stereocenters. The van der Waals surface area contributed by atoms with Crippen LogP contribution in [0.25, 0.3) is 0 Å². The van der Waals surface area contributed by atoms with Crippen molar-refractivity contribution in [3.8, 4) is 6.07 Å². The fourth-order valence-electron chi connectivity index (χ4n) is 1.51. The van der Waals surface area contributed by atoms with Crippen LogP contribution in [0.3, 0.4) is 0 Å². The number of hydrogen-bond acceptors (Lipinski definition) is 5. The standard InChI is InChI=1S/C13H17N3O2/c1-11(17)12-4-5-13(15-10-12)16(7-3-6-14)8-9-18-2/h4-5,10H,3,7-9H2,1-2H3. The molecule has 0 saturated carbocycles. The predicted octanol–water partition coefficient (Wildman–Crippen LogP) is 1.65. The molecule has 0 aliphatic carbocycles. The first-order chi connectivity index (χ1) is 8.69. The molecule has 1 heterocycles. The highest BCUT2D eigenvalue weighted by Crippen LogP contribution is 2.12. The molecule has 5 nitrogen and oxygen atoms in total. The minimum atomic E-state index is -0.00508. The SMILES string of the molecule is COCCN(CCC#N)c1ccc(C(C)=O)cn1. The van der Waals surface area contributed by atoms with Crippen molar-refractivity contribution in [3.05, 3.63) is 23.9 Å². The summed E-state index contributed by atoms with van der Waals surface area (Å²) in [5.41, 5.74) is 0.589. The van der Waals surface area contributed by atoms with E-state index in [1.165, 1.54) is 6.92 Å². The van der Waals surface area contributed by atoms with Crippen molar-refractivity contribution in [1.29, 1.82) is 5.26 Å². The molecule has 0 aliphatic rings. The third-order valence-corrected chi connectivity index (χ3v) is 2.54. The van der Waals surface area contributed by atoms with E-state index in [-0.39, 0.29) is 5.78 Å². The minimum Gasteiger partial charge on any atom is -0.383 e. The maximum Gasteiger partial charge on any atom is 0.161 e. The summed E-state index contributed by atoms with van der Waals surface area (Å²) in [6.07, 6.45) is 1.99. The van der Waals surface area contributed by atoms with Gasteiger partial charge in [0.25, 0.3) is 0 Å². The third-order valence-electron chi connectivity index (χ3n) is 2.54. The Balaban J connectivity index is 2.77. The summed E-state index contributed by atoms with van der Waals surface area (Å²) in [5, 5.41) is 8.63. The number of nitriles is 1. The summed E-state index contributed by atoms with van der Waals surface area (Å²) in [5.74, 6) is 0.752. The Morgan fingerprint density at radius 2 is 2.28 bits per heavy atom. The van der Waals surface area contributed by atoms with Crippen molar-refractivity contribution in [2.75, 3.05) is 31.7 Å². The third kappa shape index (κ3) is 4.15. The lowest BCUT2D eigenvalue weighted by atomic mass is 10.2. The molecule has 0 bridgehead atoms. The molecule has 96 valence electrons. The normalized spacial score (nSPS) is 9.83. The van der Waals surface area contributed by atoms with Gasteiger partial charge in [0.15, 0.2) is 5.78 Å². The lowest BCUT2D eigenvalue weighted by molar-refractivity contribution is 0.101. The second kappa shape index (κ2) is 7.41. The summed E-state index contributed by atoms with van der Waals surface area (Å²) < 4.78 is 5.03. The summed E-state index contributed by atoms with van der Waals surface area (Å²) >= 11 is 0. The van der Waals surface area contributed by atoms with Gasteiger partial charge < -0.3 is 9.64 Å². The van der Waals surface area contributed by atoms with Gasteiger partial charge in [-0.15, -0.1) is 0 Å². The van der Waals surface area contributed by atoms with Crippen LogP contribution >= 0.6 is 0 Å². The van der Waals surface area contributed by atoms with Gasteiger partial charge in [-0.25, -0.2) is 4.98 Å². The topological polar surface area (TPSA) is 66.2 Å². The van der Waals surface area contributed by atoms with Gasteiger partial charge in [-0.3, -0.25) is 4.79 Å². The molecule has 1 rings (SSSR count). The maximum absolute atomic E-state index is 11.2. The highest BCUT2D eigenvalue weighted by atomic mass is 16.5. The Kier molecular flexibility index (Phi) is 5.81. The van der Waals surface area contributed by atoms with Crippen molar-refractivity contribution >= 4 is 11.6 Å². The minimum absolute atomic E-state index is 0.00508. The summed E-state index contributed by atoms with van der Waals surface area (Å²) in [6, 6.07) is 5.65. The Labute approximate surface area is 107 Å². The van der Waals surface area contributed by atoms with E-state index in [2.05, 4.69) is 11.1 Å². The Hall–Kier alpha value is -1.93. The summed E-state index contributed by atoms with van der Waals surface area (Å²) in [6.45, 7) is 3.35. The van der Waals surface area contributed by atoms with E-state index in [4.69, 9.17) is 10.00 Å². The van der Waals surface area contributed by atoms with E-state index < -0.39 is 0 Å². The number of methoxy groups -OCH3 is 1. The van der Waals surface area contributed by atoms with Crippen molar-refractivity contribution < 1.29 is 9.53 Å². The molecule has 0 N–H and O–H groups in total. The second-order valence-electron chi connectivity index (χ2n) is 3.85. The number of nitrogens with zero attached hydrogens (tertiary/aromatic N) is 3. The van der Waals surface area contributed by atoms with Gasteiger partial charge in [-0.05, 0) is 19.1 Å². The Morgan fingerprint density at radius 1 is 1.50 bits per heavy atom. The number of carbonyl (C=O) groups is 1. The van der Waals surface area contributed by atoms with Crippen LogP contribution in [0.4, 0.5) is 5.82 Å². The summed E-state index contributed by atoms with van der Waals surface area (Å²) in [7, 11) is 1.63. The molecule has 0 aromatic carbocycles. The first-order valence-electron chi connectivity index (χ1n) is 5.77. The van der Waals surface area contributed by atoms with Crippen LogP contribution in [0.5, 0.6) is 0 Å². The molecular formula is C13H17N3O2. The number of ether oxygens (including phenoxy) is 1. The van der Waals surface area contributed by atoms with Gasteiger partial charge in [0.05, 0.1) is 19.1 Å². The number of anilines is 1. The number of ketones is 1. The van der Waals surface area contributed by atoms with Crippen LogP contribution in [0.1, 0.15) is 23.7 Å². The van der Waals surface area contributed by atoms with E-state index in [9.17, 15) is 4.79 Å². The fraction of sp³-hybridized carbons (Fsp3) is 0.462.